The second-order valence-corrected chi connectivity index (χ2v) is 9.05. The molecule has 0 saturated carbocycles. The number of non-ortho nitro benzene ring substituents is 1. The van der Waals surface area contributed by atoms with Gasteiger partial charge in [-0.25, -0.2) is 9.59 Å². The van der Waals surface area contributed by atoms with Crippen molar-refractivity contribution in [3.05, 3.63) is 40.1 Å². The quantitative estimate of drug-likeness (QED) is 0.0472. The molecule has 0 fully saturated rings. The number of alkyl carbamates (subject to hydrolysis) is 1. The monoisotopic (exact) mass is 592 g/mol. The molecule has 2 amide bonds. The first kappa shape index (κ1) is 35.5. The summed E-state index contributed by atoms with van der Waals surface area (Å²) in [5.74, 6) is -2.28. The van der Waals surface area contributed by atoms with Crippen LogP contribution in [0.1, 0.15) is 72.6 Å². The number of amides is 2. The minimum Gasteiger partial charge on any atom is -0.493 e. The molecule has 232 valence electrons. The number of methoxy groups -OCH3 is 1. The van der Waals surface area contributed by atoms with Crippen molar-refractivity contribution in [2.75, 3.05) is 13.9 Å². The van der Waals surface area contributed by atoms with Crippen LogP contribution in [-0.2, 0) is 23.9 Å². The number of benzene rings is 1. The summed E-state index contributed by atoms with van der Waals surface area (Å²) in [4.78, 5) is 64.7. The van der Waals surface area contributed by atoms with E-state index in [1.807, 2.05) is 13.8 Å². The van der Waals surface area contributed by atoms with Crippen LogP contribution in [0.25, 0.3) is 0 Å². The van der Waals surface area contributed by atoms with Gasteiger partial charge >= 0.3 is 18.0 Å². The first-order valence-electron chi connectivity index (χ1n) is 13.7. The largest absolute Gasteiger partial charge is 0.493 e. The fourth-order valence-corrected chi connectivity index (χ4v) is 3.32. The molecular formula is C28H40N4O10. The lowest BCUT2D eigenvalue weighted by Gasteiger charge is -2.21. The molecule has 1 aromatic carbocycles. The van der Waals surface area contributed by atoms with Crippen LogP contribution in [0.15, 0.2) is 35.0 Å². The fourth-order valence-electron chi connectivity index (χ4n) is 3.32. The predicted octanol–water partition coefficient (Wildman–Crippen LogP) is 4.35. The van der Waals surface area contributed by atoms with Gasteiger partial charge in [0.2, 0.25) is 12.7 Å². The van der Waals surface area contributed by atoms with Crippen molar-refractivity contribution >= 4 is 35.8 Å². The molecule has 42 heavy (non-hydrogen) atoms. The number of nitro benzene ring substituents is 1. The molecule has 0 saturated heterocycles. The van der Waals surface area contributed by atoms with E-state index in [9.17, 15) is 29.3 Å². The Morgan fingerprint density at radius 2 is 1.81 bits per heavy atom. The highest BCUT2D eigenvalue weighted by atomic mass is 16.7. The van der Waals surface area contributed by atoms with Crippen LogP contribution >= 0.6 is 0 Å². The summed E-state index contributed by atoms with van der Waals surface area (Å²) in [5.41, 5.74) is 0.235. The molecule has 14 nitrogen and oxygen atoms in total. The van der Waals surface area contributed by atoms with E-state index < -0.39 is 47.7 Å². The van der Waals surface area contributed by atoms with E-state index >= 15 is 0 Å². The Labute approximate surface area is 245 Å². The van der Waals surface area contributed by atoms with E-state index in [2.05, 4.69) is 15.6 Å². The maximum absolute atomic E-state index is 13.1. The predicted molar refractivity (Wildman–Crippen MR) is 153 cm³/mol. The third-order valence-electron chi connectivity index (χ3n) is 5.71. The first-order valence-corrected chi connectivity index (χ1v) is 13.7. The Balaban J connectivity index is 2.91. The standard InChI is InChI=1S/C28H40N4O10/c1-6-9-11-12-25(33)40-18-41-28(36)31-22(16-20(8-3)29-15-10-7-2)26(34)30-19(4)27(35)42-23-14-13-21(32(37)38)17-24(23)39-5/h8,13-15,17,19,22H,6-7,9-12,16,18H2,1-5H3,(H,30,34)(H,31,36)/b20-8-,29-15?. The van der Waals surface area contributed by atoms with Gasteiger partial charge in [0, 0.05) is 30.8 Å². The van der Waals surface area contributed by atoms with Gasteiger partial charge in [-0.2, -0.15) is 0 Å². The highest BCUT2D eigenvalue weighted by molar-refractivity contribution is 5.90. The van der Waals surface area contributed by atoms with Gasteiger partial charge in [0.25, 0.3) is 5.69 Å². The third kappa shape index (κ3) is 13.2. The van der Waals surface area contributed by atoms with Gasteiger partial charge in [-0.1, -0.05) is 39.2 Å². The lowest BCUT2D eigenvalue weighted by atomic mass is 10.1. The van der Waals surface area contributed by atoms with E-state index in [1.165, 1.54) is 20.1 Å². The lowest BCUT2D eigenvalue weighted by Crippen LogP contribution is -2.51. The number of ether oxygens (including phenoxy) is 4. The Hall–Kier alpha value is -4.49. The molecule has 0 spiro atoms. The molecule has 0 radical (unpaired) electrons. The van der Waals surface area contributed by atoms with Crippen LogP contribution < -0.4 is 20.1 Å². The summed E-state index contributed by atoms with van der Waals surface area (Å²) >= 11 is 0. The number of hydrogen-bond acceptors (Lipinski definition) is 11. The zero-order valence-electron chi connectivity index (χ0n) is 24.7. The number of nitro groups is 1. The molecule has 2 N–H and O–H groups in total. The fraction of sp³-hybridized carbons (Fsp3) is 0.536. The number of nitrogens with zero attached hydrogens (tertiary/aromatic N) is 2. The zero-order chi connectivity index (χ0) is 31.5. The molecular weight excluding hydrogens is 552 g/mol. The summed E-state index contributed by atoms with van der Waals surface area (Å²) in [6.07, 6.45) is 6.56. The number of aliphatic imine (C=N–C) groups is 1. The van der Waals surface area contributed by atoms with Gasteiger partial charge in [0.05, 0.1) is 18.1 Å². The van der Waals surface area contributed by atoms with Crippen molar-refractivity contribution in [1.29, 1.82) is 0 Å². The molecule has 0 aliphatic carbocycles. The first-order chi connectivity index (χ1) is 20.1. The second-order valence-electron chi connectivity index (χ2n) is 9.05. The minimum absolute atomic E-state index is 0.0353. The summed E-state index contributed by atoms with van der Waals surface area (Å²) in [6, 6.07) is 1.02. The van der Waals surface area contributed by atoms with Crippen molar-refractivity contribution in [2.45, 2.75) is 84.7 Å². The Morgan fingerprint density at radius 1 is 1.07 bits per heavy atom. The molecule has 0 heterocycles. The number of allylic oxidation sites excluding steroid dienone is 1. The second kappa shape index (κ2) is 19.6. The number of carbonyl (C=O) groups excluding carboxylic acids is 4. The van der Waals surface area contributed by atoms with Gasteiger partial charge in [0.15, 0.2) is 11.5 Å². The van der Waals surface area contributed by atoms with Gasteiger partial charge in [-0.05, 0) is 32.8 Å². The van der Waals surface area contributed by atoms with Gasteiger partial charge in [0.1, 0.15) is 12.1 Å². The van der Waals surface area contributed by atoms with Gasteiger partial charge < -0.3 is 29.6 Å². The summed E-state index contributed by atoms with van der Waals surface area (Å²) in [5, 5.41) is 15.9. The van der Waals surface area contributed by atoms with E-state index in [0.717, 1.165) is 31.4 Å². The SMILES string of the molecule is C/C=C(/CC(NC(=O)OCOC(=O)CCCCC)C(=O)NC(C)C(=O)Oc1ccc([N+](=O)[O-])cc1OC)N=CCCC. The zero-order valence-corrected chi connectivity index (χ0v) is 24.7. The minimum atomic E-state index is -1.22. The topological polar surface area (TPSA) is 185 Å². The van der Waals surface area contributed by atoms with Crippen LogP contribution in [0.3, 0.4) is 0 Å². The number of hydrogen-bond donors (Lipinski definition) is 2. The highest BCUT2D eigenvalue weighted by Crippen LogP contribution is 2.31. The molecule has 0 aliphatic heterocycles. The van der Waals surface area contributed by atoms with Crippen molar-refractivity contribution in [3.8, 4) is 11.5 Å². The number of rotatable bonds is 18. The molecule has 2 unspecified atom stereocenters. The maximum atomic E-state index is 13.1. The Morgan fingerprint density at radius 3 is 2.43 bits per heavy atom. The van der Waals surface area contributed by atoms with Crippen LogP contribution in [0, 0.1) is 10.1 Å². The van der Waals surface area contributed by atoms with Crippen LogP contribution in [0.4, 0.5) is 10.5 Å². The molecule has 0 bridgehead atoms. The van der Waals surface area contributed by atoms with Crippen molar-refractivity contribution < 1.29 is 43.0 Å². The molecule has 14 heteroatoms. The lowest BCUT2D eigenvalue weighted by molar-refractivity contribution is -0.385. The van der Waals surface area contributed by atoms with Crippen LogP contribution in [0.2, 0.25) is 0 Å². The third-order valence-corrected chi connectivity index (χ3v) is 5.71. The highest BCUT2D eigenvalue weighted by Gasteiger charge is 2.27. The number of esters is 2. The van der Waals surface area contributed by atoms with Crippen molar-refractivity contribution in [3.63, 3.8) is 0 Å². The average Bonchev–Trinajstić information content (AvgIpc) is 2.96. The Kier molecular flexibility index (Phi) is 16.6. The van der Waals surface area contributed by atoms with E-state index in [-0.39, 0.29) is 30.0 Å². The summed E-state index contributed by atoms with van der Waals surface area (Å²) in [6.45, 7) is 6.44. The van der Waals surface area contributed by atoms with Crippen molar-refractivity contribution in [1.82, 2.24) is 10.6 Å². The molecule has 1 aromatic rings. The normalized spacial score (nSPS) is 12.6. The smallest absolute Gasteiger partial charge is 0.410 e. The molecule has 0 aromatic heterocycles. The van der Waals surface area contributed by atoms with E-state index in [4.69, 9.17) is 18.9 Å². The maximum Gasteiger partial charge on any atom is 0.410 e. The summed E-state index contributed by atoms with van der Waals surface area (Å²) in [7, 11) is 1.26. The van der Waals surface area contributed by atoms with E-state index in [0.29, 0.717) is 18.5 Å². The average molecular weight is 593 g/mol. The molecule has 0 aliphatic rings. The summed E-state index contributed by atoms with van der Waals surface area (Å²) < 4.78 is 20.1. The van der Waals surface area contributed by atoms with Gasteiger partial charge in [-0.15, -0.1) is 0 Å². The molecule has 2 atom stereocenters. The van der Waals surface area contributed by atoms with Crippen LogP contribution in [-0.4, -0.2) is 61.1 Å². The van der Waals surface area contributed by atoms with Gasteiger partial charge in [-0.3, -0.25) is 24.7 Å². The Bertz CT molecular complexity index is 1140. The number of carbonyl (C=O) groups is 4. The van der Waals surface area contributed by atoms with E-state index in [1.54, 1.807) is 19.2 Å². The van der Waals surface area contributed by atoms with Crippen molar-refractivity contribution in [2.24, 2.45) is 4.99 Å². The molecule has 1 rings (SSSR count). The number of unbranched alkanes of at least 4 members (excludes halogenated alkanes) is 3. The van der Waals surface area contributed by atoms with Crippen LogP contribution in [0.5, 0.6) is 11.5 Å². The number of nitrogens with one attached hydrogen (secondary N) is 2.